The average Bonchev–Trinajstić information content (AvgIpc) is 3.14. The minimum absolute atomic E-state index is 0.0996. The van der Waals surface area contributed by atoms with Crippen LogP contribution in [0.2, 0.25) is 0 Å². The Kier molecular flexibility index (Phi) is 5.94. The minimum atomic E-state index is -0.189. The van der Waals surface area contributed by atoms with Crippen LogP contribution < -0.4 is 10.6 Å². The fourth-order valence-corrected chi connectivity index (χ4v) is 3.51. The zero-order valence-electron chi connectivity index (χ0n) is 16.8. The first kappa shape index (κ1) is 19.8. The SMILES string of the molecule is CCN(CC)CCNC(=O)c1c(C)[nH]c(C=C2C(=O)Nc3cccnc32)c1C. The minimum Gasteiger partial charge on any atom is -0.358 e. The van der Waals surface area contributed by atoms with Gasteiger partial charge in [0.15, 0.2) is 0 Å². The lowest BCUT2D eigenvalue weighted by molar-refractivity contribution is -0.110. The molecular formula is C21H27N5O2. The van der Waals surface area contributed by atoms with Crippen molar-refractivity contribution in [2.45, 2.75) is 27.7 Å². The van der Waals surface area contributed by atoms with Gasteiger partial charge in [0, 0.05) is 30.7 Å². The lowest BCUT2D eigenvalue weighted by Crippen LogP contribution is -2.35. The van der Waals surface area contributed by atoms with Gasteiger partial charge in [-0.2, -0.15) is 0 Å². The Balaban J connectivity index is 1.81. The second-order valence-electron chi connectivity index (χ2n) is 6.86. The topological polar surface area (TPSA) is 90.1 Å². The van der Waals surface area contributed by atoms with Crippen LogP contribution in [-0.4, -0.2) is 52.9 Å². The van der Waals surface area contributed by atoms with Gasteiger partial charge in [-0.3, -0.25) is 14.6 Å². The van der Waals surface area contributed by atoms with Gasteiger partial charge in [0.25, 0.3) is 11.8 Å². The summed E-state index contributed by atoms with van der Waals surface area (Å²) in [7, 11) is 0. The van der Waals surface area contributed by atoms with Gasteiger partial charge < -0.3 is 20.5 Å². The standard InChI is InChI=1S/C21H27N5O2/c1-5-26(6-2)11-10-23-21(28)18-13(3)17(24-14(18)4)12-15-19-16(25-20(15)27)8-7-9-22-19/h7-9,12,24H,5-6,10-11H2,1-4H3,(H,23,28)(H,25,27). The predicted octanol–water partition coefficient (Wildman–Crippen LogP) is 2.59. The molecule has 7 nitrogen and oxygen atoms in total. The molecule has 0 bridgehead atoms. The lowest BCUT2D eigenvalue weighted by atomic mass is 10.1. The number of aromatic nitrogens is 2. The summed E-state index contributed by atoms with van der Waals surface area (Å²) < 4.78 is 0. The molecule has 0 saturated carbocycles. The number of aromatic amines is 1. The van der Waals surface area contributed by atoms with Crippen molar-refractivity contribution < 1.29 is 9.59 Å². The van der Waals surface area contributed by atoms with Gasteiger partial charge >= 0.3 is 0 Å². The van der Waals surface area contributed by atoms with Gasteiger partial charge in [-0.1, -0.05) is 13.8 Å². The number of nitrogens with zero attached hydrogens (tertiary/aromatic N) is 2. The number of nitrogens with one attached hydrogen (secondary N) is 3. The van der Waals surface area contributed by atoms with Crippen LogP contribution >= 0.6 is 0 Å². The highest BCUT2D eigenvalue weighted by molar-refractivity contribution is 6.34. The van der Waals surface area contributed by atoms with E-state index >= 15 is 0 Å². The number of carbonyl (C=O) groups is 2. The number of hydrogen-bond acceptors (Lipinski definition) is 4. The summed E-state index contributed by atoms with van der Waals surface area (Å²) in [4.78, 5) is 34.8. The molecule has 0 aliphatic carbocycles. The van der Waals surface area contributed by atoms with Gasteiger partial charge in [-0.25, -0.2) is 0 Å². The smallest absolute Gasteiger partial charge is 0.258 e. The van der Waals surface area contributed by atoms with Crippen LogP contribution in [0.1, 0.15) is 46.9 Å². The zero-order chi connectivity index (χ0) is 20.3. The quantitative estimate of drug-likeness (QED) is 0.643. The number of amides is 2. The van der Waals surface area contributed by atoms with E-state index in [0.717, 1.165) is 36.6 Å². The number of H-pyrrole nitrogens is 1. The van der Waals surface area contributed by atoms with Crippen molar-refractivity contribution in [2.24, 2.45) is 0 Å². The average molecular weight is 381 g/mol. The van der Waals surface area contributed by atoms with E-state index in [4.69, 9.17) is 0 Å². The zero-order valence-corrected chi connectivity index (χ0v) is 16.8. The van der Waals surface area contributed by atoms with Crippen LogP contribution in [-0.2, 0) is 4.79 Å². The Morgan fingerprint density at radius 2 is 2.04 bits per heavy atom. The van der Waals surface area contributed by atoms with E-state index in [9.17, 15) is 9.59 Å². The summed E-state index contributed by atoms with van der Waals surface area (Å²) in [5, 5.41) is 5.81. The van der Waals surface area contributed by atoms with E-state index in [1.807, 2.05) is 19.9 Å². The first-order chi connectivity index (χ1) is 13.5. The molecule has 1 aliphatic heterocycles. The molecule has 3 N–H and O–H groups in total. The highest BCUT2D eigenvalue weighted by Gasteiger charge is 2.26. The molecule has 3 rings (SSSR count). The summed E-state index contributed by atoms with van der Waals surface area (Å²) in [5.74, 6) is -0.289. The van der Waals surface area contributed by atoms with E-state index in [1.165, 1.54) is 0 Å². The Bertz CT molecular complexity index is 925. The third-order valence-corrected chi connectivity index (χ3v) is 5.16. The highest BCUT2D eigenvalue weighted by Crippen LogP contribution is 2.31. The van der Waals surface area contributed by atoms with Crippen LogP contribution in [0.4, 0.5) is 5.69 Å². The molecular weight excluding hydrogens is 354 g/mol. The molecule has 28 heavy (non-hydrogen) atoms. The van der Waals surface area contributed by atoms with Crippen molar-refractivity contribution in [3.8, 4) is 0 Å². The van der Waals surface area contributed by atoms with Crippen LogP contribution in [0.3, 0.4) is 0 Å². The van der Waals surface area contributed by atoms with E-state index in [2.05, 4.69) is 39.3 Å². The van der Waals surface area contributed by atoms with Gasteiger partial charge in [0.2, 0.25) is 0 Å². The van der Waals surface area contributed by atoms with Crippen LogP contribution in [0.5, 0.6) is 0 Å². The molecule has 0 fully saturated rings. The van der Waals surface area contributed by atoms with Gasteiger partial charge in [-0.05, 0) is 50.7 Å². The summed E-state index contributed by atoms with van der Waals surface area (Å²) in [6.45, 7) is 11.3. The molecule has 0 unspecified atom stereocenters. The molecule has 0 radical (unpaired) electrons. The van der Waals surface area contributed by atoms with Crippen LogP contribution in [0.15, 0.2) is 18.3 Å². The monoisotopic (exact) mass is 381 g/mol. The van der Waals surface area contributed by atoms with Crippen molar-refractivity contribution in [3.05, 3.63) is 46.5 Å². The summed E-state index contributed by atoms with van der Waals surface area (Å²) in [5.41, 5.74) is 4.81. The first-order valence-corrected chi connectivity index (χ1v) is 9.64. The second kappa shape index (κ2) is 8.39. The molecule has 7 heteroatoms. The van der Waals surface area contributed by atoms with Gasteiger partial charge in [0.05, 0.1) is 22.5 Å². The van der Waals surface area contributed by atoms with Crippen molar-refractivity contribution in [1.82, 2.24) is 20.2 Å². The summed E-state index contributed by atoms with van der Waals surface area (Å²) in [6, 6.07) is 3.61. The molecule has 0 saturated heterocycles. The van der Waals surface area contributed by atoms with E-state index in [0.29, 0.717) is 29.1 Å². The fraction of sp³-hybridized carbons (Fsp3) is 0.381. The van der Waals surface area contributed by atoms with Crippen molar-refractivity contribution in [1.29, 1.82) is 0 Å². The molecule has 2 aromatic rings. The van der Waals surface area contributed by atoms with E-state index < -0.39 is 0 Å². The van der Waals surface area contributed by atoms with Crippen LogP contribution in [0.25, 0.3) is 11.6 Å². The van der Waals surface area contributed by atoms with Crippen LogP contribution in [0, 0.1) is 13.8 Å². The molecule has 0 aromatic carbocycles. The molecule has 2 amide bonds. The maximum Gasteiger partial charge on any atom is 0.258 e. The molecule has 1 aliphatic rings. The Morgan fingerprint density at radius 3 is 2.75 bits per heavy atom. The third-order valence-electron chi connectivity index (χ3n) is 5.16. The van der Waals surface area contributed by atoms with E-state index in [-0.39, 0.29) is 11.8 Å². The molecule has 0 spiro atoms. The molecule has 148 valence electrons. The second-order valence-corrected chi connectivity index (χ2v) is 6.86. The highest BCUT2D eigenvalue weighted by atomic mass is 16.2. The Morgan fingerprint density at radius 1 is 1.29 bits per heavy atom. The van der Waals surface area contributed by atoms with Gasteiger partial charge in [0.1, 0.15) is 0 Å². The molecule has 0 atom stereocenters. The maximum atomic E-state index is 12.7. The largest absolute Gasteiger partial charge is 0.358 e. The number of anilines is 1. The van der Waals surface area contributed by atoms with Gasteiger partial charge in [-0.15, -0.1) is 0 Å². The van der Waals surface area contributed by atoms with Crippen molar-refractivity contribution >= 4 is 29.2 Å². The Hall–Kier alpha value is -2.93. The number of hydrogen-bond donors (Lipinski definition) is 3. The first-order valence-electron chi connectivity index (χ1n) is 9.64. The number of likely N-dealkylation sites (N-methyl/N-ethyl adjacent to an activating group) is 1. The van der Waals surface area contributed by atoms with E-state index in [1.54, 1.807) is 18.3 Å². The maximum absolute atomic E-state index is 12.7. The number of aryl methyl sites for hydroxylation is 1. The predicted molar refractivity (Wildman–Crippen MR) is 111 cm³/mol. The Labute approximate surface area is 165 Å². The van der Waals surface area contributed by atoms with Crippen molar-refractivity contribution in [3.63, 3.8) is 0 Å². The lowest BCUT2D eigenvalue weighted by Gasteiger charge is -2.18. The normalized spacial score (nSPS) is 14.5. The number of rotatable bonds is 7. The summed E-state index contributed by atoms with van der Waals surface area (Å²) in [6.07, 6.45) is 3.43. The number of pyridine rings is 1. The number of carbonyl (C=O) groups excluding carboxylic acids is 2. The number of fused-ring (bicyclic) bond motifs is 1. The van der Waals surface area contributed by atoms with Crippen molar-refractivity contribution in [2.75, 3.05) is 31.5 Å². The summed E-state index contributed by atoms with van der Waals surface area (Å²) >= 11 is 0. The fourth-order valence-electron chi connectivity index (χ4n) is 3.51. The third kappa shape index (κ3) is 3.84. The molecule has 3 heterocycles. The molecule has 2 aromatic heterocycles.